The number of carbonyl (C=O) groups is 3. The van der Waals surface area contributed by atoms with E-state index in [9.17, 15) is 33.4 Å². The van der Waals surface area contributed by atoms with Crippen LogP contribution < -0.4 is 4.74 Å². The maximum Gasteiger partial charge on any atom is 0.341 e. The molecule has 18 heteroatoms. The normalized spacial score (nSPS) is 13.7. The number of carboxylic acids is 1. The van der Waals surface area contributed by atoms with Crippen LogP contribution in [0.1, 0.15) is 84.5 Å². The second kappa shape index (κ2) is 25.1. The topological polar surface area (TPSA) is 143 Å². The number of aliphatic carboxylic acids is 1. The van der Waals surface area contributed by atoms with E-state index in [-0.39, 0.29) is 73.0 Å². The quantitative estimate of drug-likeness (QED) is 0.130. The number of halogens is 6. The van der Waals surface area contributed by atoms with Crippen molar-refractivity contribution in [2.45, 2.75) is 52.4 Å². The summed E-state index contributed by atoms with van der Waals surface area (Å²) in [6.07, 6.45) is 2.87. The Morgan fingerprint density at radius 3 is 1.34 bits per heavy atom. The number of aromatic hydroxyl groups is 1. The molecule has 0 atom stereocenters. The second-order valence-corrected chi connectivity index (χ2v) is 19.4. The predicted octanol–water partition coefficient (Wildman–Crippen LogP) is 14.5. The van der Waals surface area contributed by atoms with Crippen LogP contribution >= 0.6 is 46.4 Å². The molecule has 2 amide bonds. The van der Waals surface area contributed by atoms with Gasteiger partial charge in [0.05, 0.1) is 21.4 Å². The van der Waals surface area contributed by atoms with Gasteiger partial charge in [-0.25, -0.2) is 22.9 Å². The minimum atomic E-state index is -1.19. The zero-order chi connectivity index (χ0) is 52.0. The van der Waals surface area contributed by atoms with Crippen LogP contribution in [0.25, 0.3) is 33.9 Å². The summed E-state index contributed by atoms with van der Waals surface area (Å²) in [5, 5.41) is 31.6. The van der Waals surface area contributed by atoms with E-state index in [0.29, 0.717) is 93.0 Å². The lowest BCUT2D eigenvalue weighted by atomic mass is 9.89. The SMILES string of the molecule is C.C.O=C(O)COc1c(C(=O)N2CCC(c3ccc(F)cc3)CC2)nn(-c2ccccc2Cl)c1-c1ccc(Cl)cc1.O=C(c1nn(-c2ccccc2Cl)c(-c2ccc(Cl)cc2)c1O)N1CCC(c2ccc(F)cc2)CC1. The highest BCUT2D eigenvalue weighted by atomic mass is 35.5. The minimum absolute atomic E-state index is 0. The Labute approximate surface area is 459 Å². The highest BCUT2D eigenvalue weighted by molar-refractivity contribution is 6.33. The van der Waals surface area contributed by atoms with E-state index in [1.165, 1.54) is 33.6 Å². The molecule has 6 aromatic carbocycles. The number of carboxylic acid groups (broad SMARTS) is 1. The lowest BCUT2D eigenvalue weighted by Crippen LogP contribution is -2.38. The summed E-state index contributed by atoms with van der Waals surface area (Å²) < 4.78 is 35.4. The number of piperidine rings is 2. The first-order valence-corrected chi connectivity index (χ1v) is 25.2. The van der Waals surface area contributed by atoms with Gasteiger partial charge in [-0.3, -0.25) is 9.59 Å². The second-order valence-electron chi connectivity index (χ2n) is 17.7. The Bertz CT molecular complexity index is 3300. The number of benzene rings is 6. The number of para-hydroxylation sites is 2. The highest BCUT2D eigenvalue weighted by Gasteiger charge is 2.34. The van der Waals surface area contributed by atoms with Gasteiger partial charge in [-0.05, 0) is 121 Å². The Morgan fingerprint density at radius 1 is 0.539 bits per heavy atom. The van der Waals surface area contributed by atoms with E-state index in [2.05, 4.69) is 10.2 Å². The molecule has 10 rings (SSSR count). The van der Waals surface area contributed by atoms with E-state index in [4.69, 9.17) is 51.1 Å². The van der Waals surface area contributed by atoms with Crippen molar-refractivity contribution < 1.29 is 38.1 Å². The summed E-state index contributed by atoms with van der Waals surface area (Å²) in [7, 11) is 0. The average molecular weight is 1110 g/mol. The van der Waals surface area contributed by atoms with Crippen LogP contribution in [-0.4, -0.2) is 90.1 Å². The molecule has 2 saturated heterocycles. The van der Waals surface area contributed by atoms with Gasteiger partial charge in [0.1, 0.15) is 23.0 Å². The lowest BCUT2D eigenvalue weighted by Gasteiger charge is -2.32. The molecular formula is C58H54Cl4F2N6O6. The molecule has 0 radical (unpaired) electrons. The highest BCUT2D eigenvalue weighted by Crippen LogP contribution is 2.41. The third kappa shape index (κ3) is 12.5. The summed E-state index contributed by atoms with van der Waals surface area (Å²) >= 11 is 25.1. The molecule has 8 aromatic rings. The van der Waals surface area contributed by atoms with Crippen molar-refractivity contribution in [3.05, 3.63) is 200 Å². The van der Waals surface area contributed by atoms with Gasteiger partial charge in [-0.15, -0.1) is 0 Å². The standard InChI is InChI=1S/C29H24Cl2FN3O4.C27H22Cl2FN3O2.2CH4/c30-21-9-5-20(6-10-21)27-28(39-17-25(36)37)26(33-35(27)24-4-2-1-3-23(24)31)29(38)34-15-13-19(14-16-34)18-7-11-22(32)12-8-18;28-20-9-5-19(6-10-20)25-26(34)24(31-33(25)23-4-2-1-3-22(23)29)27(35)32-15-13-18(14-16-32)17-7-11-21(30)12-8-17;;/h1-12,19H,13-17H2,(H,36,37);1-12,18,34H,13-16H2;2*1H4. The van der Waals surface area contributed by atoms with Crippen LogP contribution in [-0.2, 0) is 4.79 Å². The predicted molar refractivity (Wildman–Crippen MR) is 295 cm³/mol. The Morgan fingerprint density at radius 2 is 0.921 bits per heavy atom. The van der Waals surface area contributed by atoms with Crippen molar-refractivity contribution in [1.82, 2.24) is 29.4 Å². The molecule has 2 N–H and O–H groups in total. The van der Waals surface area contributed by atoms with Gasteiger partial charge in [-0.2, -0.15) is 10.2 Å². The first kappa shape index (κ1) is 56.5. The monoisotopic (exact) mass is 1110 g/mol. The number of ether oxygens (including phenoxy) is 1. The fourth-order valence-corrected chi connectivity index (χ4v) is 9.98. The zero-order valence-electron chi connectivity index (χ0n) is 39.4. The number of rotatable bonds is 11. The van der Waals surface area contributed by atoms with Crippen molar-refractivity contribution in [3.63, 3.8) is 0 Å². The summed E-state index contributed by atoms with van der Waals surface area (Å²) in [6, 6.07) is 40.9. The molecule has 2 aromatic heterocycles. The van der Waals surface area contributed by atoms with Crippen molar-refractivity contribution in [1.29, 1.82) is 0 Å². The maximum atomic E-state index is 13.8. The van der Waals surface area contributed by atoms with Crippen LogP contribution in [0.3, 0.4) is 0 Å². The van der Waals surface area contributed by atoms with Crippen LogP contribution in [0.15, 0.2) is 146 Å². The van der Waals surface area contributed by atoms with Gasteiger partial charge in [0.15, 0.2) is 29.5 Å². The van der Waals surface area contributed by atoms with Crippen LogP contribution in [0.4, 0.5) is 8.78 Å². The molecule has 2 aliphatic rings. The lowest BCUT2D eigenvalue weighted by molar-refractivity contribution is -0.139. The molecule has 0 aliphatic carbocycles. The van der Waals surface area contributed by atoms with Gasteiger partial charge in [-0.1, -0.05) is 134 Å². The molecule has 4 heterocycles. The number of nitrogens with zero attached hydrogens (tertiary/aromatic N) is 6. The fourth-order valence-electron chi connectivity index (χ4n) is 9.29. The van der Waals surface area contributed by atoms with Gasteiger partial charge >= 0.3 is 5.97 Å². The number of likely N-dealkylation sites (tertiary alicyclic amines) is 2. The van der Waals surface area contributed by atoms with E-state index < -0.39 is 12.6 Å². The van der Waals surface area contributed by atoms with Gasteiger partial charge in [0, 0.05) is 47.4 Å². The first-order chi connectivity index (χ1) is 35.7. The van der Waals surface area contributed by atoms with E-state index in [1.807, 2.05) is 6.07 Å². The van der Waals surface area contributed by atoms with Crippen LogP contribution in [0, 0.1) is 11.6 Å². The minimum Gasteiger partial charge on any atom is -0.504 e. The molecule has 12 nitrogen and oxygen atoms in total. The van der Waals surface area contributed by atoms with E-state index in [1.54, 1.807) is 125 Å². The Kier molecular flexibility index (Phi) is 18.6. The number of aromatic nitrogens is 4. The molecular weight excluding hydrogens is 1060 g/mol. The summed E-state index contributed by atoms with van der Waals surface area (Å²) in [6.45, 7) is 1.26. The summed E-state index contributed by atoms with van der Waals surface area (Å²) in [5.74, 6) is -2.19. The zero-order valence-corrected chi connectivity index (χ0v) is 42.4. The molecule has 0 unspecified atom stereocenters. The summed E-state index contributed by atoms with van der Waals surface area (Å²) in [5.41, 5.74) is 5.09. The maximum absolute atomic E-state index is 13.8. The van der Waals surface area contributed by atoms with Crippen LogP contribution in [0.5, 0.6) is 11.5 Å². The number of hydrogen-bond donors (Lipinski definition) is 2. The molecule has 76 heavy (non-hydrogen) atoms. The third-order valence-corrected chi connectivity index (χ3v) is 14.2. The van der Waals surface area contributed by atoms with E-state index >= 15 is 0 Å². The Hall–Kier alpha value is -7.23. The van der Waals surface area contributed by atoms with Gasteiger partial charge < -0.3 is 24.7 Å². The number of carbonyl (C=O) groups excluding carboxylic acids is 2. The van der Waals surface area contributed by atoms with Crippen LogP contribution in [0.2, 0.25) is 20.1 Å². The molecule has 394 valence electrons. The molecule has 2 aliphatic heterocycles. The smallest absolute Gasteiger partial charge is 0.341 e. The van der Waals surface area contributed by atoms with Gasteiger partial charge in [0.2, 0.25) is 0 Å². The molecule has 0 bridgehead atoms. The first-order valence-electron chi connectivity index (χ1n) is 23.6. The summed E-state index contributed by atoms with van der Waals surface area (Å²) in [4.78, 5) is 42.1. The van der Waals surface area contributed by atoms with Gasteiger partial charge in [0.25, 0.3) is 11.8 Å². The largest absolute Gasteiger partial charge is 0.504 e. The molecule has 0 spiro atoms. The average Bonchev–Trinajstić information content (AvgIpc) is 3.98. The third-order valence-electron chi connectivity index (χ3n) is 13.1. The van der Waals surface area contributed by atoms with Crippen molar-refractivity contribution in [2.75, 3.05) is 32.8 Å². The molecule has 0 saturated carbocycles. The fraction of sp³-hybridized carbons (Fsp3) is 0.224. The van der Waals surface area contributed by atoms with E-state index in [0.717, 1.165) is 24.0 Å². The number of amides is 2. The van der Waals surface area contributed by atoms with Crippen molar-refractivity contribution in [3.8, 4) is 45.4 Å². The van der Waals surface area contributed by atoms with Crippen molar-refractivity contribution in [2.24, 2.45) is 0 Å². The van der Waals surface area contributed by atoms with Crippen molar-refractivity contribution >= 4 is 64.2 Å². The Balaban J connectivity index is 0.000000217. The number of hydrogen-bond acceptors (Lipinski definition) is 7. The molecule has 2 fully saturated rings.